The fourth-order valence-electron chi connectivity index (χ4n) is 3.81. The molecule has 0 amide bonds. The molecule has 1 atom stereocenters. The zero-order valence-electron chi connectivity index (χ0n) is 17.5. The highest BCUT2D eigenvalue weighted by atomic mass is 127. The summed E-state index contributed by atoms with van der Waals surface area (Å²) in [5, 5.41) is 7.06. The molecule has 3 rings (SSSR count). The first-order valence-electron chi connectivity index (χ1n) is 10.3. The van der Waals surface area contributed by atoms with Crippen LogP contribution in [-0.2, 0) is 4.74 Å². The van der Waals surface area contributed by atoms with E-state index >= 15 is 0 Å². The molecule has 158 valence electrons. The minimum Gasteiger partial charge on any atom is -0.379 e. The Labute approximate surface area is 187 Å². The lowest BCUT2D eigenvalue weighted by molar-refractivity contribution is -0.00684. The normalized spacial score (nSPS) is 21.3. The Hall–Kier alpha value is -1.06. The Kier molecular flexibility index (Phi) is 9.30. The number of benzene rings is 1. The molecule has 6 nitrogen and oxygen atoms in total. The van der Waals surface area contributed by atoms with Crippen molar-refractivity contribution in [2.45, 2.75) is 38.8 Å². The number of para-hydroxylation sites is 1. The number of nitrogens with zero attached hydrogens (tertiary/aromatic N) is 3. The smallest absolute Gasteiger partial charge is 0.191 e. The summed E-state index contributed by atoms with van der Waals surface area (Å²) in [6.07, 6.45) is 1.13. The summed E-state index contributed by atoms with van der Waals surface area (Å²) in [7, 11) is 0. The Morgan fingerprint density at radius 1 is 1.18 bits per heavy atom. The van der Waals surface area contributed by atoms with E-state index in [0.29, 0.717) is 6.04 Å². The lowest BCUT2D eigenvalue weighted by atomic mass is 10.0. The van der Waals surface area contributed by atoms with Gasteiger partial charge in [-0.15, -0.1) is 24.0 Å². The molecule has 2 saturated heterocycles. The van der Waals surface area contributed by atoms with E-state index in [1.54, 1.807) is 0 Å². The van der Waals surface area contributed by atoms with Crippen molar-refractivity contribution in [2.24, 2.45) is 4.99 Å². The van der Waals surface area contributed by atoms with Crippen molar-refractivity contribution < 1.29 is 4.74 Å². The van der Waals surface area contributed by atoms with Gasteiger partial charge >= 0.3 is 0 Å². The second-order valence-electron chi connectivity index (χ2n) is 8.02. The number of hydrogen-bond acceptors (Lipinski definition) is 4. The van der Waals surface area contributed by atoms with E-state index in [1.165, 1.54) is 5.69 Å². The first-order valence-corrected chi connectivity index (χ1v) is 10.3. The van der Waals surface area contributed by atoms with Crippen molar-refractivity contribution in [1.82, 2.24) is 15.5 Å². The molecule has 0 spiro atoms. The summed E-state index contributed by atoms with van der Waals surface area (Å²) >= 11 is 0. The number of guanidine groups is 1. The molecule has 1 aromatic carbocycles. The molecule has 1 aromatic rings. The first kappa shape index (κ1) is 23.2. The van der Waals surface area contributed by atoms with Gasteiger partial charge < -0.3 is 20.3 Å². The molecular weight excluding hydrogens is 465 g/mol. The van der Waals surface area contributed by atoms with Crippen molar-refractivity contribution in [3.8, 4) is 0 Å². The van der Waals surface area contributed by atoms with Gasteiger partial charge in [-0.2, -0.15) is 0 Å². The maximum absolute atomic E-state index is 5.49. The first-order chi connectivity index (χ1) is 13.1. The number of rotatable bonds is 6. The standard InChI is InChI=1S/C21H35N5O.HI/c1-4-22-20(23-17-21(2,3)26-12-14-27-15-13-26)24-18-10-11-25(16-18)19-8-6-5-7-9-19;/h5-9,18H,4,10-17H2,1-3H3,(H2,22,23,24);1H. The van der Waals surface area contributed by atoms with Crippen LogP contribution in [0.3, 0.4) is 0 Å². The Bertz CT molecular complexity index is 604. The highest BCUT2D eigenvalue weighted by molar-refractivity contribution is 14.0. The SMILES string of the molecule is CCNC(=NCC(C)(C)N1CCOCC1)NC1CCN(c2ccccc2)C1.I. The Morgan fingerprint density at radius 3 is 2.57 bits per heavy atom. The van der Waals surface area contributed by atoms with E-state index in [-0.39, 0.29) is 29.5 Å². The van der Waals surface area contributed by atoms with E-state index in [9.17, 15) is 0 Å². The zero-order valence-corrected chi connectivity index (χ0v) is 19.8. The maximum atomic E-state index is 5.49. The van der Waals surface area contributed by atoms with Gasteiger partial charge in [-0.1, -0.05) is 18.2 Å². The van der Waals surface area contributed by atoms with Gasteiger partial charge in [-0.3, -0.25) is 9.89 Å². The molecular formula is C21H36IN5O. The molecule has 7 heteroatoms. The van der Waals surface area contributed by atoms with Crippen molar-refractivity contribution in [3.05, 3.63) is 30.3 Å². The molecule has 0 aromatic heterocycles. The van der Waals surface area contributed by atoms with Crippen LogP contribution in [0.5, 0.6) is 0 Å². The fraction of sp³-hybridized carbons (Fsp3) is 0.667. The topological polar surface area (TPSA) is 52.1 Å². The summed E-state index contributed by atoms with van der Waals surface area (Å²) < 4.78 is 5.49. The van der Waals surface area contributed by atoms with Crippen LogP contribution in [-0.4, -0.2) is 74.9 Å². The summed E-state index contributed by atoms with van der Waals surface area (Å²) in [4.78, 5) is 9.84. The number of aliphatic imine (C=N–C) groups is 1. The molecule has 0 radical (unpaired) electrons. The lowest BCUT2D eigenvalue weighted by Crippen LogP contribution is -2.52. The summed E-state index contributed by atoms with van der Waals surface area (Å²) in [5.41, 5.74) is 1.34. The highest BCUT2D eigenvalue weighted by Crippen LogP contribution is 2.20. The van der Waals surface area contributed by atoms with E-state index in [4.69, 9.17) is 9.73 Å². The Morgan fingerprint density at radius 2 is 1.89 bits per heavy atom. The van der Waals surface area contributed by atoms with Crippen molar-refractivity contribution in [2.75, 3.05) is 57.4 Å². The summed E-state index contributed by atoms with van der Waals surface area (Å²) in [5.74, 6) is 0.929. The molecule has 1 unspecified atom stereocenters. The van der Waals surface area contributed by atoms with Gasteiger partial charge in [-0.25, -0.2) is 0 Å². The van der Waals surface area contributed by atoms with Gasteiger partial charge in [0.05, 0.1) is 19.8 Å². The van der Waals surface area contributed by atoms with Gasteiger partial charge in [0, 0.05) is 50.0 Å². The van der Waals surface area contributed by atoms with Crippen LogP contribution in [0.15, 0.2) is 35.3 Å². The fourth-order valence-corrected chi connectivity index (χ4v) is 3.81. The minimum absolute atomic E-state index is 0. The van der Waals surface area contributed by atoms with Crippen LogP contribution in [0.1, 0.15) is 27.2 Å². The van der Waals surface area contributed by atoms with Gasteiger partial charge in [0.25, 0.3) is 0 Å². The second kappa shape index (κ2) is 11.2. The molecule has 0 saturated carbocycles. The quantitative estimate of drug-likeness (QED) is 0.357. The largest absolute Gasteiger partial charge is 0.379 e. The monoisotopic (exact) mass is 501 g/mol. The predicted molar refractivity (Wildman–Crippen MR) is 128 cm³/mol. The van der Waals surface area contributed by atoms with E-state index in [2.05, 4.69) is 71.5 Å². The van der Waals surface area contributed by atoms with Gasteiger partial charge in [0.15, 0.2) is 5.96 Å². The van der Waals surface area contributed by atoms with Crippen LogP contribution < -0.4 is 15.5 Å². The molecule has 2 fully saturated rings. The van der Waals surface area contributed by atoms with Crippen molar-refractivity contribution in [3.63, 3.8) is 0 Å². The van der Waals surface area contributed by atoms with Crippen LogP contribution in [0, 0.1) is 0 Å². The predicted octanol–water partition coefficient (Wildman–Crippen LogP) is 2.55. The maximum Gasteiger partial charge on any atom is 0.191 e. The van der Waals surface area contributed by atoms with Crippen LogP contribution >= 0.6 is 24.0 Å². The number of nitrogens with one attached hydrogen (secondary N) is 2. The van der Waals surface area contributed by atoms with Crippen LogP contribution in [0.2, 0.25) is 0 Å². The third kappa shape index (κ3) is 6.49. The van der Waals surface area contributed by atoms with E-state index in [1.807, 2.05) is 0 Å². The summed E-state index contributed by atoms with van der Waals surface area (Å²) in [6.45, 7) is 14.0. The number of anilines is 1. The zero-order chi connectivity index (χ0) is 19.1. The molecule has 0 bridgehead atoms. The molecule has 2 aliphatic heterocycles. The van der Waals surface area contributed by atoms with Crippen molar-refractivity contribution in [1.29, 1.82) is 0 Å². The average Bonchev–Trinajstić information content (AvgIpc) is 3.16. The van der Waals surface area contributed by atoms with E-state index in [0.717, 1.165) is 64.9 Å². The Balaban J connectivity index is 0.00000280. The number of ether oxygens (including phenoxy) is 1. The minimum atomic E-state index is 0. The van der Waals surface area contributed by atoms with E-state index < -0.39 is 0 Å². The molecule has 2 aliphatic rings. The lowest BCUT2D eigenvalue weighted by Gasteiger charge is -2.40. The molecule has 2 heterocycles. The third-order valence-electron chi connectivity index (χ3n) is 5.49. The van der Waals surface area contributed by atoms with Gasteiger partial charge in [0.1, 0.15) is 0 Å². The third-order valence-corrected chi connectivity index (χ3v) is 5.49. The highest BCUT2D eigenvalue weighted by Gasteiger charge is 2.28. The molecule has 2 N–H and O–H groups in total. The van der Waals surface area contributed by atoms with Gasteiger partial charge in [0.2, 0.25) is 0 Å². The van der Waals surface area contributed by atoms with Crippen LogP contribution in [0.4, 0.5) is 5.69 Å². The number of morpholine rings is 1. The molecule has 28 heavy (non-hydrogen) atoms. The van der Waals surface area contributed by atoms with Crippen LogP contribution in [0.25, 0.3) is 0 Å². The summed E-state index contributed by atoms with van der Waals surface area (Å²) in [6, 6.07) is 11.1. The average molecular weight is 501 g/mol. The van der Waals surface area contributed by atoms with Gasteiger partial charge in [-0.05, 0) is 39.3 Å². The number of hydrogen-bond donors (Lipinski definition) is 2. The second-order valence-corrected chi connectivity index (χ2v) is 8.02. The van der Waals surface area contributed by atoms with Crippen molar-refractivity contribution >= 4 is 35.6 Å². The number of halogens is 1. The molecule has 0 aliphatic carbocycles.